The third-order valence-corrected chi connectivity index (χ3v) is 5.60. The van der Waals surface area contributed by atoms with Crippen molar-refractivity contribution in [1.82, 2.24) is 10.2 Å². The Kier molecular flexibility index (Phi) is 7.13. The second-order valence-corrected chi connectivity index (χ2v) is 7.64. The van der Waals surface area contributed by atoms with Gasteiger partial charge in [0.2, 0.25) is 0 Å². The lowest BCUT2D eigenvalue weighted by molar-refractivity contribution is -0.139. The Labute approximate surface area is 189 Å². The second kappa shape index (κ2) is 9.60. The fraction of sp³-hybridized carbons (Fsp3) is 0.238. The average Bonchev–Trinajstić information content (AvgIpc) is 2.72. The van der Waals surface area contributed by atoms with E-state index in [1.165, 1.54) is 4.90 Å². The highest BCUT2D eigenvalue weighted by Gasteiger charge is 2.37. The summed E-state index contributed by atoms with van der Waals surface area (Å²) < 4.78 is 11.1. The molecule has 1 heterocycles. The van der Waals surface area contributed by atoms with E-state index in [1.807, 2.05) is 0 Å². The van der Waals surface area contributed by atoms with Gasteiger partial charge in [-0.25, -0.2) is 9.59 Å². The highest BCUT2D eigenvalue weighted by molar-refractivity contribution is 6.42. The lowest BCUT2D eigenvalue weighted by Gasteiger charge is -2.34. The van der Waals surface area contributed by atoms with E-state index in [9.17, 15) is 9.59 Å². The summed E-state index contributed by atoms with van der Waals surface area (Å²) in [4.78, 5) is 26.8. The summed E-state index contributed by atoms with van der Waals surface area (Å²) in [5.41, 5.74) is 1.18. The van der Waals surface area contributed by atoms with Gasteiger partial charge in [0.25, 0.3) is 0 Å². The summed E-state index contributed by atoms with van der Waals surface area (Å²) in [5, 5.41) is 3.89. The maximum atomic E-state index is 12.9. The van der Waals surface area contributed by atoms with Crippen molar-refractivity contribution >= 4 is 46.8 Å². The van der Waals surface area contributed by atoms with Crippen LogP contribution in [0.1, 0.15) is 18.5 Å². The minimum atomic E-state index is -0.785. The van der Waals surface area contributed by atoms with Crippen LogP contribution in [0.5, 0.6) is 5.75 Å². The van der Waals surface area contributed by atoms with E-state index in [0.29, 0.717) is 32.1 Å². The first kappa shape index (κ1) is 22.3. The van der Waals surface area contributed by atoms with Gasteiger partial charge in [-0.05, 0) is 36.8 Å². The molecule has 2 aromatic carbocycles. The minimum Gasteiger partial charge on any atom is -0.486 e. The largest absolute Gasteiger partial charge is 0.486 e. The predicted molar refractivity (Wildman–Crippen MR) is 116 cm³/mol. The molecule has 9 heteroatoms. The molecular weight excluding hydrogens is 451 g/mol. The van der Waals surface area contributed by atoms with Gasteiger partial charge in [-0.3, -0.25) is 4.90 Å². The number of ether oxygens (including phenoxy) is 2. The van der Waals surface area contributed by atoms with Crippen LogP contribution in [0.4, 0.5) is 4.79 Å². The van der Waals surface area contributed by atoms with Crippen LogP contribution in [0.3, 0.4) is 0 Å². The van der Waals surface area contributed by atoms with Crippen molar-refractivity contribution < 1.29 is 19.1 Å². The van der Waals surface area contributed by atoms with Crippen molar-refractivity contribution in [2.45, 2.75) is 13.0 Å². The Hall–Kier alpha value is -2.41. The van der Waals surface area contributed by atoms with Crippen LogP contribution in [0.15, 0.2) is 53.7 Å². The number of carbonyl (C=O) groups is 2. The lowest BCUT2D eigenvalue weighted by atomic mass is 9.94. The summed E-state index contributed by atoms with van der Waals surface area (Å²) in [7, 11) is 1.55. The van der Waals surface area contributed by atoms with Crippen molar-refractivity contribution in [1.29, 1.82) is 0 Å². The minimum absolute atomic E-state index is 0.0698. The molecule has 2 amide bonds. The van der Waals surface area contributed by atoms with Gasteiger partial charge in [0.1, 0.15) is 12.4 Å². The molecule has 3 rings (SSSR count). The SMILES string of the molecule is CCOC(=O)C1=C(COc2ccccc2Cl)N(C)C(=O)NC1c1ccc(Cl)c(Cl)c1. The van der Waals surface area contributed by atoms with E-state index in [0.717, 1.165) is 0 Å². The molecule has 0 bridgehead atoms. The number of hydrogen-bond donors (Lipinski definition) is 1. The van der Waals surface area contributed by atoms with Crippen molar-refractivity contribution in [2.24, 2.45) is 0 Å². The maximum Gasteiger partial charge on any atom is 0.338 e. The van der Waals surface area contributed by atoms with E-state index in [2.05, 4.69) is 5.32 Å². The molecule has 0 aromatic heterocycles. The molecular formula is C21H19Cl3N2O4. The first-order valence-corrected chi connectivity index (χ1v) is 10.2. The molecule has 0 saturated carbocycles. The smallest absolute Gasteiger partial charge is 0.338 e. The van der Waals surface area contributed by atoms with Crippen molar-refractivity contribution in [3.8, 4) is 5.75 Å². The van der Waals surface area contributed by atoms with Gasteiger partial charge in [-0.1, -0.05) is 53.0 Å². The number of esters is 1. The number of hydrogen-bond acceptors (Lipinski definition) is 4. The third-order valence-electron chi connectivity index (χ3n) is 4.55. The number of halogens is 3. The van der Waals surface area contributed by atoms with Crippen LogP contribution in [-0.4, -0.2) is 37.2 Å². The Morgan fingerprint density at radius 2 is 1.83 bits per heavy atom. The maximum absolute atomic E-state index is 12.9. The molecule has 0 saturated heterocycles. The zero-order chi connectivity index (χ0) is 21.8. The predicted octanol–water partition coefficient (Wildman–Crippen LogP) is 5.24. The molecule has 0 fully saturated rings. The van der Waals surface area contributed by atoms with Crippen molar-refractivity contribution in [3.63, 3.8) is 0 Å². The summed E-state index contributed by atoms with van der Waals surface area (Å²) in [5.74, 6) is -0.140. The normalized spacial score (nSPS) is 16.4. The zero-order valence-electron chi connectivity index (χ0n) is 16.2. The second-order valence-electron chi connectivity index (χ2n) is 6.42. The average molecular weight is 470 g/mol. The molecule has 158 valence electrons. The number of para-hydroxylation sites is 1. The van der Waals surface area contributed by atoms with Gasteiger partial charge in [-0.2, -0.15) is 0 Å². The van der Waals surface area contributed by atoms with Crippen LogP contribution < -0.4 is 10.1 Å². The summed E-state index contributed by atoms with van der Waals surface area (Å²) in [6, 6.07) is 10.6. The molecule has 1 N–H and O–H groups in total. The van der Waals surface area contributed by atoms with E-state index >= 15 is 0 Å². The Balaban J connectivity index is 2.06. The third kappa shape index (κ3) is 4.67. The van der Waals surface area contributed by atoms with Crippen LogP contribution in [0.2, 0.25) is 15.1 Å². The molecule has 6 nitrogen and oxygen atoms in total. The Morgan fingerprint density at radius 3 is 2.50 bits per heavy atom. The Bertz CT molecular complexity index is 1010. The Morgan fingerprint density at radius 1 is 1.10 bits per heavy atom. The van der Waals surface area contributed by atoms with E-state index in [4.69, 9.17) is 44.3 Å². The van der Waals surface area contributed by atoms with Gasteiger partial charge in [0, 0.05) is 7.05 Å². The highest BCUT2D eigenvalue weighted by atomic mass is 35.5. The van der Waals surface area contributed by atoms with Gasteiger partial charge < -0.3 is 14.8 Å². The molecule has 0 radical (unpaired) electrons. The molecule has 30 heavy (non-hydrogen) atoms. The molecule has 2 aromatic rings. The topological polar surface area (TPSA) is 67.9 Å². The van der Waals surface area contributed by atoms with Crippen LogP contribution in [0.25, 0.3) is 0 Å². The summed E-state index contributed by atoms with van der Waals surface area (Å²) in [6.07, 6.45) is 0. The van der Waals surface area contributed by atoms with Gasteiger partial charge in [-0.15, -0.1) is 0 Å². The fourth-order valence-corrected chi connectivity index (χ4v) is 3.53. The molecule has 0 aliphatic carbocycles. The standard InChI is InChI=1S/C21H19Cl3N2O4/c1-3-29-20(27)18-16(11-30-17-7-5-4-6-14(17)23)26(2)21(28)25-19(18)12-8-9-13(22)15(24)10-12/h4-10,19H,3,11H2,1-2H3,(H,25,28). The number of rotatable bonds is 6. The highest BCUT2D eigenvalue weighted by Crippen LogP contribution is 2.34. The quantitative estimate of drug-likeness (QED) is 0.588. The number of carbonyl (C=O) groups excluding carboxylic acids is 2. The number of nitrogens with one attached hydrogen (secondary N) is 1. The molecule has 1 atom stereocenters. The van der Waals surface area contributed by atoms with Gasteiger partial charge in [0.15, 0.2) is 0 Å². The number of urea groups is 1. The van der Waals surface area contributed by atoms with Gasteiger partial charge in [0.05, 0.1) is 39.0 Å². The van der Waals surface area contributed by atoms with E-state index < -0.39 is 18.0 Å². The fourth-order valence-electron chi connectivity index (χ4n) is 3.03. The van der Waals surface area contributed by atoms with E-state index in [1.54, 1.807) is 56.4 Å². The monoisotopic (exact) mass is 468 g/mol. The molecule has 0 spiro atoms. The van der Waals surface area contributed by atoms with Crippen LogP contribution >= 0.6 is 34.8 Å². The van der Waals surface area contributed by atoms with Crippen molar-refractivity contribution in [3.05, 3.63) is 74.4 Å². The van der Waals surface area contributed by atoms with Crippen LogP contribution in [-0.2, 0) is 9.53 Å². The lowest BCUT2D eigenvalue weighted by Crippen LogP contribution is -2.48. The van der Waals surface area contributed by atoms with Crippen LogP contribution in [0, 0.1) is 0 Å². The molecule has 1 aliphatic heterocycles. The first-order valence-electron chi connectivity index (χ1n) is 9.10. The van der Waals surface area contributed by atoms with Gasteiger partial charge >= 0.3 is 12.0 Å². The van der Waals surface area contributed by atoms with Crippen molar-refractivity contribution in [2.75, 3.05) is 20.3 Å². The summed E-state index contributed by atoms with van der Waals surface area (Å²) in [6.45, 7) is 1.81. The van der Waals surface area contributed by atoms with E-state index in [-0.39, 0.29) is 18.8 Å². The number of likely N-dealkylation sites (N-methyl/N-ethyl adjacent to an activating group) is 1. The summed E-state index contributed by atoms with van der Waals surface area (Å²) >= 11 is 18.3. The number of nitrogens with zero attached hydrogens (tertiary/aromatic N) is 1. The molecule has 1 aliphatic rings. The molecule has 1 unspecified atom stereocenters. The number of benzene rings is 2. The number of amides is 2. The zero-order valence-corrected chi connectivity index (χ0v) is 18.5. The first-order chi connectivity index (χ1) is 14.3.